The summed E-state index contributed by atoms with van der Waals surface area (Å²) in [6.45, 7) is 0.515. The van der Waals surface area contributed by atoms with Crippen LogP contribution in [0.4, 0.5) is 26.3 Å². The lowest BCUT2D eigenvalue weighted by Gasteiger charge is -2.35. The Balaban J connectivity index is 1.99. The van der Waals surface area contributed by atoms with Crippen LogP contribution in [0.3, 0.4) is 0 Å². The summed E-state index contributed by atoms with van der Waals surface area (Å²) in [7, 11) is -5.85. The van der Waals surface area contributed by atoms with Crippen LogP contribution in [0, 0.1) is 0 Å². The number of rotatable bonds is 5. The number of esters is 1. The van der Waals surface area contributed by atoms with Crippen molar-refractivity contribution in [2.24, 2.45) is 0 Å². The normalized spacial score (nSPS) is 17.8. The molecule has 1 saturated heterocycles. The molecule has 0 saturated carbocycles. The smallest absolute Gasteiger partial charge is 0.435 e. The summed E-state index contributed by atoms with van der Waals surface area (Å²) >= 11 is 0. The van der Waals surface area contributed by atoms with E-state index in [1.165, 1.54) is 12.1 Å². The number of halogens is 6. The zero-order chi connectivity index (χ0) is 22.5. The Morgan fingerprint density at radius 3 is 2.07 bits per heavy atom. The molecule has 0 spiro atoms. The highest BCUT2D eigenvalue weighted by atomic mass is 32.2. The van der Waals surface area contributed by atoms with E-state index in [2.05, 4.69) is 4.74 Å². The molecule has 2 aromatic carbocycles. The van der Waals surface area contributed by atoms with Crippen LogP contribution >= 0.6 is 0 Å². The lowest BCUT2D eigenvalue weighted by molar-refractivity contribution is -0.356. The minimum Gasteiger partial charge on any atom is -0.435 e. The van der Waals surface area contributed by atoms with Gasteiger partial charge in [0.2, 0.25) is 0 Å². The fraction of sp³-hybridized carbons (Fsp3) is 0.353. The average molecular weight is 458 g/mol. The average Bonchev–Trinajstić information content (AvgIpc) is 3.42. The molecule has 0 aliphatic carbocycles. The summed E-state index contributed by atoms with van der Waals surface area (Å²) < 4.78 is 119. The zero-order valence-corrected chi connectivity index (χ0v) is 15.4. The molecule has 1 N–H and O–H groups in total. The van der Waals surface area contributed by atoms with Gasteiger partial charge in [0, 0.05) is 0 Å². The van der Waals surface area contributed by atoms with Gasteiger partial charge in [-0.05, 0) is 34.5 Å². The van der Waals surface area contributed by atoms with Crippen LogP contribution in [0.1, 0.15) is 22.0 Å². The maximum Gasteiger partial charge on any atom is 0.438 e. The van der Waals surface area contributed by atoms with E-state index in [4.69, 9.17) is 9.29 Å². The van der Waals surface area contributed by atoms with Gasteiger partial charge in [0.05, 0.1) is 12.2 Å². The minimum atomic E-state index is -6.38. The number of alkyl halides is 6. The van der Waals surface area contributed by atoms with Crippen LogP contribution in [0.2, 0.25) is 0 Å². The number of fused-ring (bicyclic) bond motifs is 1. The molecule has 0 aromatic heterocycles. The quantitative estimate of drug-likeness (QED) is 0.317. The molecule has 1 aliphatic rings. The zero-order valence-electron chi connectivity index (χ0n) is 14.6. The fourth-order valence-corrected chi connectivity index (χ4v) is 3.68. The first-order valence-electron chi connectivity index (χ1n) is 8.10. The first-order chi connectivity index (χ1) is 13.6. The highest BCUT2D eigenvalue weighted by Gasteiger charge is 2.76. The van der Waals surface area contributed by atoms with Crippen molar-refractivity contribution in [1.82, 2.24) is 0 Å². The first-order valence-corrected chi connectivity index (χ1v) is 9.71. The molecule has 30 heavy (non-hydrogen) atoms. The monoisotopic (exact) mass is 458 g/mol. The van der Waals surface area contributed by atoms with Crippen LogP contribution in [0.15, 0.2) is 36.4 Å². The van der Waals surface area contributed by atoms with E-state index in [9.17, 15) is 39.6 Å². The van der Waals surface area contributed by atoms with Crippen molar-refractivity contribution in [2.45, 2.75) is 24.1 Å². The van der Waals surface area contributed by atoms with Gasteiger partial charge < -0.3 is 9.47 Å². The third-order valence-corrected chi connectivity index (χ3v) is 5.14. The van der Waals surface area contributed by atoms with Gasteiger partial charge in [-0.1, -0.05) is 18.2 Å². The molecule has 0 bridgehead atoms. The van der Waals surface area contributed by atoms with Crippen molar-refractivity contribution >= 4 is 26.9 Å². The third-order valence-electron chi connectivity index (χ3n) is 4.37. The number of benzene rings is 2. The number of carbonyl (C=O) groups excluding carboxylic acids is 1. The number of hydrogen-bond donors (Lipinski definition) is 1. The summed E-state index contributed by atoms with van der Waals surface area (Å²) in [6, 6.07) is 8.00. The summed E-state index contributed by atoms with van der Waals surface area (Å²) in [5, 5.41) is 0.851. The molecule has 0 radical (unpaired) electrons. The molecule has 1 fully saturated rings. The Bertz CT molecular complexity index is 1070. The van der Waals surface area contributed by atoms with Crippen molar-refractivity contribution in [2.75, 3.05) is 12.4 Å². The predicted octanol–water partition coefficient (Wildman–Crippen LogP) is 3.82. The molecule has 6 nitrogen and oxygen atoms in total. The van der Waals surface area contributed by atoms with Gasteiger partial charge in [0.15, 0.2) is 0 Å². The molecule has 3 rings (SSSR count). The van der Waals surface area contributed by atoms with E-state index in [-0.39, 0.29) is 6.10 Å². The van der Waals surface area contributed by atoms with E-state index in [1.807, 2.05) is 0 Å². The summed E-state index contributed by atoms with van der Waals surface area (Å²) in [5.41, 5.74) is -5.32. The number of ether oxygens (including phenoxy) is 2. The van der Waals surface area contributed by atoms with Crippen molar-refractivity contribution in [3.8, 4) is 0 Å². The second-order valence-electron chi connectivity index (χ2n) is 6.58. The highest BCUT2D eigenvalue weighted by Crippen LogP contribution is 2.47. The first kappa shape index (κ1) is 22.3. The molecular formula is C17H12F6O6S. The molecule has 1 atom stereocenters. The predicted molar refractivity (Wildman–Crippen MR) is 89.3 cm³/mol. The Morgan fingerprint density at radius 1 is 1.03 bits per heavy atom. The van der Waals surface area contributed by atoms with E-state index < -0.39 is 45.4 Å². The van der Waals surface area contributed by atoms with Gasteiger partial charge in [-0.25, -0.2) is 4.79 Å². The van der Waals surface area contributed by atoms with Crippen LogP contribution in [0.25, 0.3) is 10.8 Å². The largest absolute Gasteiger partial charge is 0.438 e. The van der Waals surface area contributed by atoms with Crippen LogP contribution in [-0.2, 0) is 19.6 Å². The minimum absolute atomic E-state index is 0.0985. The van der Waals surface area contributed by atoms with Crippen molar-refractivity contribution < 1.29 is 53.6 Å². The van der Waals surface area contributed by atoms with Crippen LogP contribution in [-0.4, -0.2) is 49.3 Å². The Hall–Kier alpha value is -2.38. The Morgan fingerprint density at radius 2 is 1.57 bits per heavy atom. The molecule has 13 heteroatoms. The lowest BCUT2D eigenvalue weighted by Crippen LogP contribution is -2.63. The third kappa shape index (κ3) is 4.37. The van der Waals surface area contributed by atoms with Gasteiger partial charge >= 0.3 is 23.9 Å². The molecule has 1 heterocycles. The number of hydrogen-bond acceptors (Lipinski definition) is 5. The van der Waals surface area contributed by atoms with Crippen molar-refractivity contribution in [1.29, 1.82) is 0 Å². The van der Waals surface area contributed by atoms with Crippen LogP contribution < -0.4 is 0 Å². The van der Waals surface area contributed by atoms with Crippen molar-refractivity contribution in [3.05, 3.63) is 47.5 Å². The van der Waals surface area contributed by atoms with Gasteiger partial charge in [0.1, 0.15) is 11.9 Å². The second-order valence-corrected chi connectivity index (χ2v) is 8.03. The molecule has 164 valence electrons. The summed E-state index contributed by atoms with van der Waals surface area (Å²) in [5.74, 6) is -5.00. The molecule has 1 unspecified atom stereocenters. The molecule has 1 aliphatic heterocycles. The van der Waals surface area contributed by atoms with Gasteiger partial charge in [-0.2, -0.15) is 34.8 Å². The summed E-state index contributed by atoms with van der Waals surface area (Å²) in [6.07, 6.45) is -12.9. The molecule has 2 aromatic rings. The van der Waals surface area contributed by atoms with E-state index in [1.54, 1.807) is 12.1 Å². The molecule has 0 amide bonds. The maximum atomic E-state index is 13.3. The van der Waals surface area contributed by atoms with E-state index >= 15 is 0 Å². The number of epoxide rings is 1. The maximum absolute atomic E-state index is 13.3. The fourth-order valence-electron chi connectivity index (χ4n) is 2.78. The van der Waals surface area contributed by atoms with Gasteiger partial charge in [-0.3, -0.25) is 4.55 Å². The number of carbonyl (C=O) groups is 1. The van der Waals surface area contributed by atoms with Gasteiger partial charge in [-0.15, -0.1) is 0 Å². The lowest BCUT2D eigenvalue weighted by atomic mass is 10.0. The standard InChI is InChI=1S/C17H12F6O6S/c18-16(19,20)15(17(21,22)23,8-30(25,26)27)29-14(24)12-4-2-9-5-11(13-7-28-13)3-1-10(9)6-12/h1-6,13H,7-8H2,(H,25,26,27). The van der Waals surface area contributed by atoms with Crippen molar-refractivity contribution in [3.63, 3.8) is 0 Å². The van der Waals surface area contributed by atoms with E-state index in [0.717, 1.165) is 17.7 Å². The van der Waals surface area contributed by atoms with Gasteiger partial charge in [0.25, 0.3) is 10.1 Å². The van der Waals surface area contributed by atoms with E-state index in [0.29, 0.717) is 17.4 Å². The SMILES string of the molecule is O=C(OC(CS(=O)(=O)O)(C(F)(F)F)C(F)(F)F)c1ccc2cc(C3CO3)ccc2c1. The topological polar surface area (TPSA) is 93.2 Å². The Kier molecular flexibility index (Phi) is 5.28. The molecular weight excluding hydrogens is 446 g/mol. The van der Waals surface area contributed by atoms with Crippen LogP contribution in [0.5, 0.6) is 0 Å². The highest BCUT2D eigenvalue weighted by molar-refractivity contribution is 7.85. The Labute approximate surface area is 165 Å². The second kappa shape index (κ2) is 7.10. The summed E-state index contributed by atoms with van der Waals surface area (Å²) in [4.78, 5) is 12.1.